The zero-order valence-electron chi connectivity index (χ0n) is 17.8. The van der Waals surface area contributed by atoms with E-state index in [0.717, 1.165) is 32.1 Å². The number of aryl methyl sites for hydroxylation is 2. The van der Waals surface area contributed by atoms with Gasteiger partial charge in [0.1, 0.15) is 12.1 Å². The van der Waals surface area contributed by atoms with Crippen molar-refractivity contribution in [1.29, 1.82) is 0 Å². The first-order valence-corrected chi connectivity index (χ1v) is 10.8. The van der Waals surface area contributed by atoms with Gasteiger partial charge in [-0.3, -0.25) is 4.39 Å². The highest BCUT2D eigenvalue weighted by molar-refractivity contribution is 5.75. The highest BCUT2D eigenvalue weighted by atomic mass is 19.1. The predicted octanol–water partition coefficient (Wildman–Crippen LogP) is 6.79. The van der Waals surface area contributed by atoms with Crippen molar-refractivity contribution in [2.45, 2.75) is 77.7 Å². The van der Waals surface area contributed by atoms with E-state index in [1.54, 1.807) is 0 Å². The number of hydrogen-bond donors (Lipinski definition) is 0. The summed E-state index contributed by atoms with van der Waals surface area (Å²) in [5.41, 5.74) is 3.76. The minimum atomic E-state index is -0.367. The molecule has 0 saturated carbocycles. The average molecular weight is 386 g/mol. The number of aliphatic imine (C=N–C) groups is 1. The third-order valence-electron chi connectivity index (χ3n) is 5.53. The Balaban J connectivity index is 1.76. The predicted molar refractivity (Wildman–Crippen MR) is 118 cm³/mol. The van der Waals surface area contributed by atoms with Crippen LogP contribution in [0.1, 0.15) is 70.4 Å². The van der Waals surface area contributed by atoms with Crippen molar-refractivity contribution in [1.82, 2.24) is 0 Å². The van der Waals surface area contributed by atoms with Gasteiger partial charge in [-0.2, -0.15) is 0 Å². The molecule has 0 aromatic heterocycles. The Kier molecular flexibility index (Phi) is 9.46. The van der Waals surface area contributed by atoms with Gasteiger partial charge in [-0.15, -0.1) is 0 Å². The fraction of sp³-hybridized carbons (Fsp3) is 0.560. The molecule has 1 aliphatic heterocycles. The third-order valence-corrected chi connectivity index (χ3v) is 5.53. The smallest absolute Gasteiger partial charge is 0.180 e. The monoisotopic (exact) mass is 385 g/mol. The molecule has 0 N–H and O–H groups in total. The van der Waals surface area contributed by atoms with Gasteiger partial charge in [0, 0.05) is 13.3 Å². The summed E-state index contributed by atoms with van der Waals surface area (Å²) in [6, 6.07) is 8.91. The molecule has 2 nitrogen and oxygen atoms in total. The Hall–Kier alpha value is -1.90. The van der Waals surface area contributed by atoms with E-state index in [4.69, 9.17) is 4.74 Å². The van der Waals surface area contributed by atoms with Crippen LogP contribution in [0.15, 0.2) is 53.1 Å². The van der Waals surface area contributed by atoms with Gasteiger partial charge in [-0.05, 0) is 63.0 Å². The van der Waals surface area contributed by atoms with E-state index in [1.165, 1.54) is 29.5 Å². The maximum absolute atomic E-state index is 12.9. The number of halogens is 1. The summed E-state index contributed by atoms with van der Waals surface area (Å²) in [5.74, 6) is 0.690. The summed E-state index contributed by atoms with van der Waals surface area (Å²) in [4.78, 5) is 4.58. The Labute approximate surface area is 170 Å². The molecule has 0 aliphatic carbocycles. The Bertz CT molecular complexity index is 674. The van der Waals surface area contributed by atoms with Gasteiger partial charge in [0.25, 0.3) is 0 Å². The van der Waals surface area contributed by atoms with E-state index < -0.39 is 0 Å². The molecular weight excluding hydrogens is 349 g/mol. The van der Waals surface area contributed by atoms with Crippen LogP contribution in [-0.4, -0.2) is 24.7 Å². The van der Waals surface area contributed by atoms with E-state index in [9.17, 15) is 4.39 Å². The number of allylic oxidation sites excluding steroid dienone is 4. The number of benzene rings is 1. The number of hydrogen-bond acceptors (Lipinski definition) is 2. The molecule has 1 atom stereocenters. The van der Waals surface area contributed by atoms with Crippen LogP contribution in [0.25, 0.3) is 0 Å². The summed E-state index contributed by atoms with van der Waals surface area (Å²) in [7, 11) is 0. The zero-order valence-corrected chi connectivity index (χ0v) is 17.8. The molecule has 1 unspecified atom stereocenters. The average Bonchev–Trinajstić information content (AvgIpc) is 3.08. The lowest BCUT2D eigenvalue weighted by Crippen LogP contribution is -2.29. The first-order chi connectivity index (χ1) is 13.6. The molecule has 0 radical (unpaired) electrons. The fourth-order valence-corrected chi connectivity index (χ4v) is 3.70. The van der Waals surface area contributed by atoms with Gasteiger partial charge in [0.05, 0.1) is 6.67 Å². The topological polar surface area (TPSA) is 21.6 Å². The molecule has 1 aromatic carbocycles. The van der Waals surface area contributed by atoms with E-state index >= 15 is 0 Å². The quantitative estimate of drug-likeness (QED) is 0.287. The van der Waals surface area contributed by atoms with Crippen molar-refractivity contribution in [3.05, 3.63) is 59.2 Å². The zero-order chi connectivity index (χ0) is 20.2. The Morgan fingerprint density at radius 1 is 1.14 bits per heavy atom. The maximum Gasteiger partial charge on any atom is 0.180 e. The van der Waals surface area contributed by atoms with Crippen molar-refractivity contribution in [3.63, 3.8) is 0 Å². The first-order valence-electron chi connectivity index (χ1n) is 10.8. The molecule has 154 valence electrons. The van der Waals surface area contributed by atoms with Crippen molar-refractivity contribution in [2.75, 3.05) is 13.3 Å². The number of ether oxygens (including phenoxy) is 1. The third kappa shape index (κ3) is 7.26. The number of unbranched alkanes of at least 4 members (excludes halogenated alkanes) is 1. The van der Waals surface area contributed by atoms with Gasteiger partial charge >= 0.3 is 0 Å². The molecule has 0 saturated heterocycles. The van der Waals surface area contributed by atoms with Crippen LogP contribution in [0.3, 0.4) is 0 Å². The van der Waals surface area contributed by atoms with Crippen molar-refractivity contribution in [3.8, 4) is 0 Å². The second-order valence-electron chi connectivity index (χ2n) is 7.78. The van der Waals surface area contributed by atoms with Gasteiger partial charge in [0.15, 0.2) is 5.90 Å². The molecule has 1 heterocycles. The highest BCUT2D eigenvalue weighted by Gasteiger charge is 2.34. The lowest BCUT2D eigenvalue weighted by molar-refractivity contribution is 0.219. The van der Waals surface area contributed by atoms with Crippen LogP contribution < -0.4 is 0 Å². The fourth-order valence-electron chi connectivity index (χ4n) is 3.70. The van der Waals surface area contributed by atoms with Crippen molar-refractivity contribution < 1.29 is 9.13 Å². The van der Waals surface area contributed by atoms with Gasteiger partial charge < -0.3 is 4.74 Å². The second kappa shape index (κ2) is 11.8. The van der Waals surface area contributed by atoms with Gasteiger partial charge in [-0.25, -0.2) is 4.99 Å². The number of rotatable bonds is 12. The summed E-state index contributed by atoms with van der Waals surface area (Å²) in [5, 5.41) is 0. The molecule has 0 amide bonds. The largest absolute Gasteiger partial charge is 0.479 e. The van der Waals surface area contributed by atoms with Crippen LogP contribution >= 0.6 is 0 Å². The Morgan fingerprint density at radius 3 is 2.43 bits per heavy atom. The second-order valence-corrected chi connectivity index (χ2v) is 7.78. The molecule has 28 heavy (non-hydrogen) atoms. The van der Waals surface area contributed by atoms with E-state index in [0.29, 0.717) is 18.9 Å². The van der Waals surface area contributed by atoms with Crippen molar-refractivity contribution >= 4 is 5.90 Å². The van der Waals surface area contributed by atoms with Crippen molar-refractivity contribution in [2.24, 2.45) is 4.99 Å². The molecular formula is C25H36FNO. The minimum Gasteiger partial charge on any atom is -0.479 e. The molecule has 0 fully saturated rings. The SMILES string of the molecule is C/C=C(\C=C/CC)CCCCc1ccc(CCC2(CCF)COC(C)=N2)cc1. The molecule has 1 aliphatic rings. The summed E-state index contributed by atoms with van der Waals surface area (Å²) in [6.07, 6.45) is 14.7. The lowest BCUT2D eigenvalue weighted by atomic mass is 9.90. The molecule has 0 bridgehead atoms. The van der Waals surface area contributed by atoms with Gasteiger partial charge in [0.2, 0.25) is 0 Å². The normalized spacial score (nSPS) is 19.9. The Morgan fingerprint density at radius 2 is 1.86 bits per heavy atom. The van der Waals surface area contributed by atoms with E-state index in [2.05, 4.69) is 61.3 Å². The first kappa shape index (κ1) is 22.4. The lowest BCUT2D eigenvalue weighted by Gasteiger charge is -2.22. The van der Waals surface area contributed by atoms with Gasteiger partial charge in [-0.1, -0.05) is 55.0 Å². The summed E-state index contributed by atoms with van der Waals surface area (Å²) in [6.45, 7) is 6.32. The van der Waals surface area contributed by atoms with Crippen LogP contribution in [0, 0.1) is 0 Å². The molecule has 2 rings (SSSR count). The standard InChI is InChI=1S/C25H36FNO/c1-4-6-9-22(5-2)10-7-8-11-23-12-14-24(15-13-23)16-17-25(18-19-26)20-28-21(3)27-25/h5-6,9,12-15H,4,7-8,10-11,16-20H2,1-3H3/b9-6-,22-5+. The maximum atomic E-state index is 12.9. The molecule has 0 spiro atoms. The van der Waals surface area contributed by atoms with Crippen LogP contribution in [0.2, 0.25) is 0 Å². The summed E-state index contributed by atoms with van der Waals surface area (Å²) >= 11 is 0. The van der Waals surface area contributed by atoms with E-state index in [1.807, 2.05) is 6.92 Å². The van der Waals surface area contributed by atoms with Crippen LogP contribution in [0.5, 0.6) is 0 Å². The number of alkyl halides is 1. The minimum absolute atomic E-state index is 0.345. The van der Waals surface area contributed by atoms with Crippen LogP contribution in [-0.2, 0) is 17.6 Å². The molecule has 3 heteroatoms. The van der Waals surface area contributed by atoms with E-state index in [-0.39, 0.29) is 12.2 Å². The van der Waals surface area contributed by atoms with Crippen LogP contribution in [0.4, 0.5) is 4.39 Å². The summed E-state index contributed by atoms with van der Waals surface area (Å²) < 4.78 is 18.5. The highest BCUT2D eigenvalue weighted by Crippen LogP contribution is 2.29. The number of nitrogens with zero attached hydrogens (tertiary/aromatic N) is 1. The molecule has 1 aromatic rings.